The normalized spacial score (nSPS) is 12.9. The van der Waals surface area contributed by atoms with Crippen LogP contribution in [0.2, 0.25) is 0 Å². The largest absolute Gasteiger partial charge is 0.398 e. The molecule has 1 aromatic carbocycles. The Bertz CT molecular complexity index is 509. The smallest absolute Gasteiger partial charge is 0.0683 e. The average molecular weight is 343 g/mol. The Labute approximate surface area is 125 Å². The molecule has 1 unspecified atom stereocenters. The number of rotatable bonds is 6. The van der Waals surface area contributed by atoms with Crippen LogP contribution < -0.4 is 5.73 Å². The van der Waals surface area contributed by atoms with Gasteiger partial charge in [-0.3, -0.25) is 4.21 Å². The molecule has 1 aromatic rings. The fourth-order valence-corrected chi connectivity index (χ4v) is 3.46. The van der Waals surface area contributed by atoms with Crippen molar-refractivity contribution in [1.82, 2.24) is 0 Å². The molecule has 2 N–H and O–H groups in total. The molecule has 0 amide bonds. The minimum absolute atomic E-state index is 0.295. The van der Waals surface area contributed by atoms with Crippen LogP contribution in [0.3, 0.4) is 0 Å². The van der Waals surface area contributed by atoms with Crippen LogP contribution in [0.4, 0.5) is 5.69 Å². The number of hydrogen-bond donors (Lipinski definition) is 1. The van der Waals surface area contributed by atoms with Crippen LogP contribution in [-0.2, 0) is 10.8 Å². The second-order valence-electron chi connectivity index (χ2n) is 5.18. The van der Waals surface area contributed by atoms with Crippen molar-refractivity contribution in [3.05, 3.63) is 22.7 Å². The third-order valence-electron chi connectivity index (χ3n) is 2.91. The van der Waals surface area contributed by atoms with Crippen molar-refractivity contribution < 1.29 is 4.21 Å². The zero-order valence-corrected chi connectivity index (χ0v) is 13.7. The average Bonchev–Trinajstić information content (AvgIpc) is 2.37. The summed E-state index contributed by atoms with van der Waals surface area (Å²) in [4.78, 5) is 0.689. The summed E-state index contributed by atoms with van der Waals surface area (Å²) in [6, 6.07) is 7.68. The van der Waals surface area contributed by atoms with E-state index in [-0.39, 0.29) is 5.41 Å². The molecule has 0 heterocycles. The Kier molecular flexibility index (Phi) is 6.02. The van der Waals surface area contributed by atoms with E-state index >= 15 is 0 Å². The molecule has 0 aromatic heterocycles. The lowest BCUT2D eigenvalue weighted by molar-refractivity contribution is 0.432. The lowest BCUT2D eigenvalue weighted by atomic mass is 9.89. The summed E-state index contributed by atoms with van der Waals surface area (Å²) in [5.41, 5.74) is 6.10. The maximum absolute atomic E-state index is 12.2. The van der Waals surface area contributed by atoms with E-state index in [1.807, 2.05) is 26.0 Å². The number of benzene rings is 1. The molecule has 0 aliphatic rings. The van der Waals surface area contributed by atoms with Crippen LogP contribution in [0.15, 0.2) is 27.6 Å². The van der Waals surface area contributed by atoms with Gasteiger partial charge in [-0.25, -0.2) is 0 Å². The van der Waals surface area contributed by atoms with Gasteiger partial charge in [0.15, 0.2) is 0 Å². The van der Waals surface area contributed by atoms with E-state index in [9.17, 15) is 4.21 Å². The van der Waals surface area contributed by atoms with Crippen molar-refractivity contribution in [2.75, 3.05) is 11.5 Å². The third-order valence-corrected chi connectivity index (χ3v) is 4.90. The molecule has 1 atom stereocenters. The lowest BCUT2D eigenvalue weighted by Crippen LogP contribution is -2.08. The molecule has 0 aliphatic heterocycles. The highest BCUT2D eigenvalue weighted by molar-refractivity contribution is 9.10. The molecule has 0 radical (unpaired) electrons. The number of anilines is 1. The van der Waals surface area contributed by atoms with Gasteiger partial charge < -0.3 is 5.73 Å². The molecule has 104 valence electrons. The Hall–Kier alpha value is -0.860. The first-order valence-electron chi connectivity index (χ1n) is 6.20. The number of halogens is 1. The summed E-state index contributed by atoms with van der Waals surface area (Å²) in [5, 5.41) is 8.92. The van der Waals surface area contributed by atoms with Gasteiger partial charge in [0, 0.05) is 15.9 Å². The van der Waals surface area contributed by atoms with E-state index in [4.69, 9.17) is 11.0 Å². The minimum atomic E-state index is -1.07. The Morgan fingerprint density at radius 2 is 2.11 bits per heavy atom. The Morgan fingerprint density at radius 3 is 2.74 bits per heavy atom. The van der Waals surface area contributed by atoms with Gasteiger partial charge in [-0.1, -0.05) is 22.4 Å². The van der Waals surface area contributed by atoms with Gasteiger partial charge in [-0.2, -0.15) is 5.26 Å². The number of nitriles is 1. The summed E-state index contributed by atoms with van der Waals surface area (Å²) in [6.07, 6.45) is 2.57. The van der Waals surface area contributed by atoms with Gasteiger partial charge in [-0.15, -0.1) is 0 Å². The number of unbranched alkanes of at least 4 members (excludes halogenated alkanes) is 1. The second-order valence-corrected chi connectivity index (χ2v) is 7.64. The predicted molar refractivity (Wildman–Crippen MR) is 83.1 cm³/mol. The van der Waals surface area contributed by atoms with Crippen LogP contribution in [0, 0.1) is 16.7 Å². The van der Waals surface area contributed by atoms with E-state index in [1.165, 1.54) is 0 Å². The number of nitrogen functional groups attached to an aromatic ring is 1. The van der Waals surface area contributed by atoms with Crippen molar-refractivity contribution in [3.63, 3.8) is 0 Å². The molecule has 0 fully saturated rings. The summed E-state index contributed by atoms with van der Waals surface area (Å²) in [5.74, 6) is 0.585. The molecule has 0 saturated carbocycles. The number of nitrogens with two attached hydrogens (primary N) is 1. The Morgan fingerprint density at radius 1 is 1.42 bits per heavy atom. The number of hydrogen-bond acceptors (Lipinski definition) is 3. The SMILES string of the molecule is CC(C)(C#N)CCCCS(=O)c1cc(Br)ccc1N. The van der Waals surface area contributed by atoms with Crippen LogP contribution in [0.5, 0.6) is 0 Å². The summed E-state index contributed by atoms with van der Waals surface area (Å²) in [6.45, 7) is 3.85. The standard InChI is InChI=1S/C14H19BrN2OS/c1-14(2,10-16)7-3-4-8-19(18)13-9-11(15)5-6-12(13)17/h5-6,9H,3-4,7-8,17H2,1-2H3. The maximum atomic E-state index is 12.2. The van der Waals surface area contributed by atoms with E-state index in [0.717, 1.165) is 23.7 Å². The fraction of sp³-hybridized carbons (Fsp3) is 0.500. The highest BCUT2D eigenvalue weighted by Gasteiger charge is 2.16. The van der Waals surface area contributed by atoms with E-state index in [0.29, 0.717) is 16.3 Å². The highest BCUT2D eigenvalue weighted by atomic mass is 79.9. The first kappa shape index (κ1) is 16.2. The lowest BCUT2D eigenvalue weighted by Gasteiger charge is -2.14. The molecular weight excluding hydrogens is 324 g/mol. The van der Waals surface area contributed by atoms with Gasteiger partial charge in [-0.05, 0) is 44.9 Å². The summed E-state index contributed by atoms with van der Waals surface area (Å²) < 4.78 is 13.0. The van der Waals surface area contributed by atoms with Crippen LogP contribution in [-0.4, -0.2) is 9.96 Å². The van der Waals surface area contributed by atoms with Gasteiger partial charge in [0.25, 0.3) is 0 Å². The first-order valence-corrected chi connectivity index (χ1v) is 8.31. The summed E-state index contributed by atoms with van der Waals surface area (Å²) >= 11 is 3.36. The zero-order valence-electron chi connectivity index (χ0n) is 11.3. The predicted octanol–water partition coefficient (Wildman–Crippen LogP) is 3.86. The van der Waals surface area contributed by atoms with Crippen molar-refractivity contribution >= 4 is 32.4 Å². The first-order chi connectivity index (χ1) is 8.85. The quantitative estimate of drug-likeness (QED) is 0.630. The fourth-order valence-electron chi connectivity index (χ4n) is 1.67. The Balaban J connectivity index is 2.49. The van der Waals surface area contributed by atoms with Crippen molar-refractivity contribution in [1.29, 1.82) is 5.26 Å². The second kappa shape index (κ2) is 7.06. The van der Waals surface area contributed by atoms with Gasteiger partial charge in [0.05, 0.1) is 27.2 Å². The molecule has 0 aliphatic carbocycles. The van der Waals surface area contributed by atoms with E-state index in [2.05, 4.69) is 22.0 Å². The number of nitrogens with zero attached hydrogens (tertiary/aromatic N) is 1. The molecule has 3 nitrogen and oxygen atoms in total. The molecule has 0 saturated heterocycles. The highest BCUT2D eigenvalue weighted by Crippen LogP contribution is 2.24. The van der Waals surface area contributed by atoms with Crippen LogP contribution in [0.25, 0.3) is 0 Å². The van der Waals surface area contributed by atoms with Gasteiger partial charge in [0.2, 0.25) is 0 Å². The topological polar surface area (TPSA) is 66.9 Å². The zero-order chi connectivity index (χ0) is 14.5. The van der Waals surface area contributed by atoms with Gasteiger partial charge >= 0.3 is 0 Å². The molecule has 19 heavy (non-hydrogen) atoms. The molecule has 0 spiro atoms. The van der Waals surface area contributed by atoms with E-state index in [1.54, 1.807) is 6.07 Å². The van der Waals surface area contributed by atoms with Gasteiger partial charge in [0.1, 0.15) is 0 Å². The molecule has 0 bridgehead atoms. The third kappa shape index (κ3) is 5.33. The van der Waals surface area contributed by atoms with Crippen molar-refractivity contribution in [2.45, 2.75) is 38.0 Å². The summed E-state index contributed by atoms with van der Waals surface area (Å²) in [7, 11) is -1.07. The maximum Gasteiger partial charge on any atom is 0.0683 e. The van der Waals surface area contributed by atoms with E-state index < -0.39 is 10.8 Å². The van der Waals surface area contributed by atoms with Crippen molar-refractivity contribution in [2.24, 2.45) is 5.41 Å². The molecular formula is C14H19BrN2OS. The molecule has 5 heteroatoms. The van der Waals surface area contributed by atoms with Crippen LogP contribution >= 0.6 is 15.9 Å². The molecule has 1 rings (SSSR count). The minimum Gasteiger partial charge on any atom is -0.398 e. The monoisotopic (exact) mass is 342 g/mol. The van der Waals surface area contributed by atoms with Crippen molar-refractivity contribution in [3.8, 4) is 6.07 Å². The van der Waals surface area contributed by atoms with Crippen LogP contribution in [0.1, 0.15) is 33.1 Å².